The summed E-state index contributed by atoms with van der Waals surface area (Å²) in [6.07, 6.45) is 1.58. The second kappa shape index (κ2) is 5.12. The first-order valence-electron chi connectivity index (χ1n) is 4.25. The van der Waals surface area contributed by atoms with Crippen LogP contribution in [0.15, 0.2) is 30.9 Å². The van der Waals surface area contributed by atoms with E-state index in [1.54, 1.807) is 18.2 Å². The molecule has 1 rings (SSSR count). The van der Waals surface area contributed by atoms with E-state index >= 15 is 0 Å². The molecule has 0 aliphatic heterocycles. The van der Waals surface area contributed by atoms with Crippen LogP contribution in [0.4, 0.5) is 8.78 Å². The number of ether oxygens (including phenoxy) is 1. The Kier molecular flexibility index (Phi) is 4.09. The Morgan fingerprint density at radius 2 is 2.07 bits per heavy atom. The van der Waals surface area contributed by atoms with Crippen LogP contribution in [-0.2, 0) is 0 Å². The van der Waals surface area contributed by atoms with Crippen molar-refractivity contribution in [3.63, 3.8) is 0 Å². The lowest BCUT2D eigenvalue weighted by molar-refractivity contribution is -0.0498. The van der Waals surface area contributed by atoms with E-state index in [0.29, 0.717) is 5.56 Å². The summed E-state index contributed by atoms with van der Waals surface area (Å²) in [5.74, 6) is -0.293. The van der Waals surface area contributed by atoms with E-state index in [4.69, 9.17) is 11.6 Å². The highest BCUT2D eigenvalue weighted by Gasteiger charge is 2.13. The molecule has 0 fully saturated rings. The monoisotopic (exact) mass is 231 g/mol. The Balaban J connectivity index is 3.05. The summed E-state index contributed by atoms with van der Waals surface area (Å²) in [6, 6.07) is 4.66. The van der Waals surface area contributed by atoms with Gasteiger partial charge in [-0.15, -0.1) is 6.58 Å². The zero-order valence-electron chi connectivity index (χ0n) is 7.92. The van der Waals surface area contributed by atoms with Crippen LogP contribution in [0, 0.1) is 6.92 Å². The van der Waals surface area contributed by atoms with Crippen molar-refractivity contribution in [3.05, 3.63) is 48.4 Å². The second-order valence-corrected chi connectivity index (χ2v) is 3.26. The van der Waals surface area contributed by atoms with Gasteiger partial charge in [0.25, 0.3) is 0 Å². The van der Waals surface area contributed by atoms with Gasteiger partial charge in [-0.1, -0.05) is 29.8 Å². The molecule has 0 bridgehead atoms. The molecule has 1 aromatic carbocycles. The minimum absolute atomic E-state index is 0.0420. The molecule has 1 radical (unpaired) electrons. The van der Waals surface area contributed by atoms with E-state index in [9.17, 15) is 8.78 Å². The molecule has 15 heavy (non-hydrogen) atoms. The van der Waals surface area contributed by atoms with Gasteiger partial charge in [0.1, 0.15) is 5.75 Å². The third-order valence-electron chi connectivity index (χ3n) is 1.89. The van der Waals surface area contributed by atoms with Crippen molar-refractivity contribution in [3.8, 4) is 5.75 Å². The van der Waals surface area contributed by atoms with Gasteiger partial charge < -0.3 is 4.74 Å². The number of allylic oxidation sites excluding steroid dienone is 1. The van der Waals surface area contributed by atoms with E-state index in [0.717, 1.165) is 0 Å². The van der Waals surface area contributed by atoms with Gasteiger partial charge in [-0.25, -0.2) is 0 Å². The summed E-state index contributed by atoms with van der Waals surface area (Å²) in [5.41, 5.74) is 0.616. The maximum absolute atomic E-state index is 12.0. The predicted molar refractivity (Wildman–Crippen MR) is 56.4 cm³/mol. The van der Waals surface area contributed by atoms with E-state index in [1.807, 2.05) is 0 Å². The highest BCUT2D eigenvalue weighted by atomic mass is 35.5. The van der Waals surface area contributed by atoms with Gasteiger partial charge in [0.2, 0.25) is 0 Å². The topological polar surface area (TPSA) is 9.23 Å². The quantitative estimate of drug-likeness (QED) is 0.711. The Morgan fingerprint density at radius 1 is 1.40 bits per heavy atom. The third-order valence-corrected chi connectivity index (χ3v) is 2.30. The molecule has 0 spiro atoms. The first-order chi connectivity index (χ1) is 7.06. The van der Waals surface area contributed by atoms with Crippen LogP contribution in [0.25, 0.3) is 0 Å². The van der Waals surface area contributed by atoms with Gasteiger partial charge in [-0.2, -0.15) is 8.78 Å². The molecule has 0 aromatic heterocycles. The van der Waals surface area contributed by atoms with E-state index < -0.39 is 6.61 Å². The molecule has 0 saturated carbocycles. The Morgan fingerprint density at radius 3 is 2.60 bits per heavy atom. The maximum Gasteiger partial charge on any atom is 0.387 e. The molecule has 0 saturated heterocycles. The highest BCUT2D eigenvalue weighted by molar-refractivity contribution is 6.32. The van der Waals surface area contributed by atoms with Gasteiger partial charge in [0.15, 0.2) is 0 Å². The van der Waals surface area contributed by atoms with Crippen LogP contribution in [0.1, 0.15) is 11.5 Å². The van der Waals surface area contributed by atoms with Crippen molar-refractivity contribution in [2.24, 2.45) is 0 Å². The number of hydrogen-bond donors (Lipinski definition) is 0. The zero-order chi connectivity index (χ0) is 11.4. The van der Waals surface area contributed by atoms with Crippen LogP contribution in [-0.4, -0.2) is 6.61 Å². The lowest BCUT2D eigenvalue weighted by Crippen LogP contribution is -2.03. The lowest BCUT2D eigenvalue weighted by Gasteiger charge is -2.12. The average molecular weight is 232 g/mol. The minimum Gasteiger partial charge on any atom is -0.433 e. The molecule has 0 aliphatic carbocycles. The molecule has 0 heterocycles. The van der Waals surface area contributed by atoms with Crippen LogP contribution in [0.2, 0.25) is 5.02 Å². The van der Waals surface area contributed by atoms with Crippen molar-refractivity contribution in [2.75, 3.05) is 0 Å². The SMILES string of the molecule is [CH2]C(C=C)c1cccc(OC(F)F)c1Cl. The Labute approximate surface area is 92.3 Å². The molecule has 1 unspecified atom stereocenters. The second-order valence-electron chi connectivity index (χ2n) is 2.88. The van der Waals surface area contributed by atoms with Crippen LogP contribution < -0.4 is 4.74 Å². The molecule has 1 atom stereocenters. The minimum atomic E-state index is -2.88. The Bertz CT molecular complexity index is 352. The van der Waals surface area contributed by atoms with Gasteiger partial charge in [-0.3, -0.25) is 0 Å². The smallest absolute Gasteiger partial charge is 0.387 e. The predicted octanol–water partition coefficient (Wildman–Crippen LogP) is 4.05. The summed E-state index contributed by atoms with van der Waals surface area (Å²) in [6.45, 7) is 4.44. The van der Waals surface area contributed by atoms with Crippen molar-refractivity contribution in [1.29, 1.82) is 0 Å². The van der Waals surface area contributed by atoms with Gasteiger partial charge in [0, 0.05) is 5.92 Å². The first kappa shape index (κ1) is 12.0. The summed E-state index contributed by atoms with van der Waals surface area (Å²) in [7, 11) is 0. The standard InChI is InChI=1S/C11H10ClF2O/c1-3-7(2)8-5-4-6-9(10(8)12)15-11(13)14/h3-7,11H,1-2H2. The molecule has 4 heteroatoms. The summed E-state index contributed by atoms with van der Waals surface area (Å²) < 4.78 is 28.3. The van der Waals surface area contributed by atoms with E-state index in [2.05, 4.69) is 18.2 Å². The fourth-order valence-electron chi connectivity index (χ4n) is 1.13. The summed E-state index contributed by atoms with van der Waals surface area (Å²) in [4.78, 5) is 0. The molecule has 0 amide bonds. The van der Waals surface area contributed by atoms with Crippen molar-refractivity contribution >= 4 is 11.6 Å². The summed E-state index contributed by atoms with van der Waals surface area (Å²) in [5, 5.41) is 0.151. The molecule has 1 aromatic rings. The van der Waals surface area contributed by atoms with Crippen molar-refractivity contribution < 1.29 is 13.5 Å². The maximum atomic E-state index is 12.0. The first-order valence-corrected chi connectivity index (χ1v) is 4.63. The van der Waals surface area contributed by atoms with Crippen LogP contribution >= 0.6 is 11.6 Å². The van der Waals surface area contributed by atoms with Crippen LogP contribution in [0.3, 0.4) is 0 Å². The average Bonchev–Trinajstić information content (AvgIpc) is 2.19. The molecule has 1 nitrogen and oxygen atoms in total. The zero-order valence-corrected chi connectivity index (χ0v) is 8.68. The number of hydrogen-bond acceptors (Lipinski definition) is 1. The number of alkyl halides is 2. The fraction of sp³-hybridized carbons (Fsp3) is 0.182. The molecule has 0 aliphatic rings. The van der Waals surface area contributed by atoms with Crippen molar-refractivity contribution in [1.82, 2.24) is 0 Å². The van der Waals surface area contributed by atoms with Gasteiger partial charge in [-0.05, 0) is 18.6 Å². The fourth-order valence-corrected chi connectivity index (χ4v) is 1.44. The van der Waals surface area contributed by atoms with Gasteiger partial charge >= 0.3 is 6.61 Å². The molecular weight excluding hydrogens is 222 g/mol. The number of benzene rings is 1. The Hall–Kier alpha value is -1.09. The van der Waals surface area contributed by atoms with Crippen molar-refractivity contribution in [2.45, 2.75) is 12.5 Å². The van der Waals surface area contributed by atoms with Crippen LogP contribution in [0.5, 0.6) is 5.75 Å². The van der Waals surface area contributed by atoms with E-state index in [-0.39, 0.29) is 16.7 Å². The summed E-state index contributed by atoms with van der Waals surface area (Å²) >= 11 is 5.88. The number of rotatable bonds is 4. The molecular formula is C11H10ClF2O. The molecule has 81 valence electrons. The largest absolute Gasteiger partial charge is 0.433 e. The lowest BCUT2D eigenvalue weighted by atomic mass is 10.0. The number of halogens is 3. The van der Waals surface area contributed by atoms with Gasteiger partial charge in [0.05, 0.1) is 5.02 Å². The third kappa shape index (κ3) is 2.93. The molecule has 0 N–H and O–H groups in total. The van der Waals surface area contributed by atoms with E-state index in [1.165, 1.54) is 6.07 Å². The highest BCUT2D eigenvalue weighted by Crippen LogP contribution is 2.33. The normalized spacial score (nSPS) is 12.6.